The highest BCUT2D eigenvalue weighted by atomic mass is 16.2. The zero-order valence-electron chi connectivity index (χ0n) is 29.0. The van der Waals surface area contributed by atoms with Crippen LogP contribution in [0.15, 0.2) is 0 Å². The fourth-order valence-corrected chi connectivity index (χ4v) is 5.92. The van der Waals surface area contributed by atoms with Gasteiger partial charge >= 0.3 is 0 Å². The van der Waals surface area contributed by atoms with E-state index in [0.717, 1.165) is 38.6 Å². The van der Waals surface area contributed by atoms with Crippen molar-refractivity contribution in [2.75, 3.05) is 6.54 Å². The van der Waals surface area contributed by atoms with Gasteiger partial charge in [0, 0.05) is 25.4 Å². The molecular formula is C38H76N2O2. The van der Waals surface area contributed by atoms with Crippen molar-refractivity contribution in [1.82, 2.24) is 10.6 Å². The third kappa shape index (κ3) is 33.4. The zero-order chi connectivity index (χ0) is 30.8. The van der Waals surface area contributed by atoms with E-state index in [2.05, 4.69) is 31.4 Å². The Balaban J connectivity index is 3.36. The van der Waals surface area contributed by atoms with E-state index in [-0.39, 0.29) is 17.9 Å². The Bertz CT molecular complexity index is 565. The summed E-state index contributed by atoms with van der Waals surface area (Å²) in [6.07, 6.45) is 39.1. The van der Waals surface area contributed by atoms with E-state index < -0.39 is 0 Å². The normalized spacial score (nSPS) is 12.0. The van der Waals surface area contributed by atoms with Crippen LogP contribution in [0.4, 0.5) is 0 Å². The maximum Gasteiger partial charge on any atom is 0.220 e. The summed E-state index contributed by atoms with van der Waals surface area (Å²) in [6, 6.07) is 0.223. The van der Waals surface area contributed by atoms with Gasteiger partial charge in [-0.3, -0.25) is 9.59 Å². The summed E-state index contributed by atoms with van der Waals surface area (Å²) in [4.78, 5) is 24.3. The maximum atomic E-state index is 12.2. The van der Waals surface area contributed by atoms with E-state index in [1.807, 2.05) is 0 Å². The average Bonchev–Trinajstić information content (AvgIpc) is 2.97. The molecule has 0 fully saturated rings. The third-order valence-electron chi connectivity index (χ3n) is 8.81. The number of amides is 2. The second kappa shape index (κ2) is 34.4. The number of nitrogens with one attached hydrogen (secondary N) is 2. The Labute approximate surface area is 264 Å². The van der Waals surface area contributed by atoms with Gasteiger partial charge in [0.25, 0.3) is 0 Å². The summed E-state index contributed by atoms with van der Waals surface area (Å²) in [5, 5.41) is 6.24. The molecule has 2 N–H and O–H groups in total. The fraction of sp³-hybridized carbons (Fsp3) is 0.947. The van der Waals surface area contributed by atoms with Crippen LogP contribution in [0.5, 0.6) is 0 Å². The second-order valence-electron chi connectivity index (χ2n) is 13.3. The highest BCUT2D eigenvalue weighted by Crippen LogP contribution is 2.14. The van der Waals surface area contributed by atoms with Crippen LogP contribution in [0, 0.1) is 0 Å². The molecule has 250 valence electrons. The van der Waals surface area contributed by atoms with Gasteiger partial charge in [0.15, 0.2) is 0 Å². The molecule has 0 radical (unpaired) electrons. The maximum absolute atomic E-state index is 12.2. The monoisotopic (exact) mass is 593 g/mol. The predicted molar refractivity (Wildman–Crippen MR) is 185 cm³/mol. The molecule has 0 rings (SSSR count). The lowest BCUT2D eigenvalue weighted by molar-refractivity contribution is -0.122. The van der Waals surface area contributed by atoms with Crippen molar-refractivity contribution in [3.05, 3.63) is 0 Å². The van der Waals surface area contributed by atoms with Crippen LogP contribution in [0.1, 0.15) is 220 Å². The van der Waals surface area contributed by atoms with Gasteiger partial charge in [-0.25, -0.2) is 0 Å². The van der Waals surface area contributed by atoms with Gasteiger partial charge in [-0.1, -0.05) is 168 Å². The molecule has 0 aromatic heterocycles. The van der Waals surface area contributed by atoms with Crippen molar-refractivity contribution in [1.29, 1.82) is 0 Å². The minimum atomic E-state index is 0.204. The molecule has 42 heavy (non-hydrogen) atoms. The molecule has 0 bridgehead atoms. The van der Waals surface area contributed by atoms with Crippen LogP contribution < -0.4 is 10.6 Å². The van der Waals surface area contributed by atoms with Crippen molar-refractivity contribution in [3.8, 4) is 0 Å². The van der Waals surface area contributed by atoms with Gasteiger partial charge in [-0.2, -0.15) is 0 Å². The quantitative estimate of drug-likeness (QED) is 0.0730. The van der Waals surface area contributed by atoms with Gasteiger partial charge in [-0.15, -0.1) is 0 Å². The molecule has 0 aliphatic heterocycles. The van der Waals surface area contributed by atoms with Crippen molar-refractivity contribution in [2.24, 2.45) is 0 Å². The standard InChI is InChI=1S/C38H76N2O2/c1-4-6-8-10-12-14-16-17-18-19-21-22-24-26-28-33-37(41)39-35-31-30-32-36(3)40-38(42)34-29-27-25-23-20-15-13-11-9-7-5-2/h36H,4-35H2,1-3H3,(H,39,41)(H,40,42)/t36-/m1/s1. The average molecular weight is 593 g/mol. The van der Waals surface area contributed by atoms with Gasteiger partial charge < -0.3 is 10.6 Å². The fourth-order valence-electron chi connectivity index (χ4n) is 5.92. The van der Waals surface area contributed by atoms with Gasteiger partial charge in [0.05, 0.1) is 0 Å². The van der Waals surface area contributed by atoms with E-state index in [9.17, 15) is 9.59 Å². The van der Waals surface area contributed by atoms with Gasteiger partial charge in [0.1, 0.15) is 0 Å². The second-order valence-corrected chi connectivity index (χ2v) is 13.3. The Morgan fingerprint density at radius 3 is 1.14 bits per heavy atom. The Morgan fingerprint density at radius 2 is 0.762 bits per heavy atom. The van der Waals surface area contributed by atoms with Crippen molar-refractivity contribution in [3.63, 3.8) is 0 Å². The summed E-state index contributed by atoms with van der Waals surface area (Å²) in [5.41, 5.74) is 0. The highest BCUT2D eigenvalue weighted by Gasteiger charge is 2.07. The molecule has 4 heteroatoms. The molecule has 0 aliphatic carbocycles. The van der Waals surface area contributed by atoms with Gasteiger partial charge in [0.2, 0.25) is 11.8 Å². The number of hydrogen-bond donors (Lipinski definition) is 2. The summed E-state index contributed by atoms with van der Waals surface area (Å²) in [5.74, 6) is 0.410. The molecule has 0 heterocycles. The molecule has 2 amide bonds. The number of carbonyl (C=O) groups excluding carboxylic acids is 2. The Hall–Kier alpha value is -1.06. The SMILES string of the molecule is CCCCCCCCCCCCCCCCCC(=O)NCCCC[C@@H](C)NC(=O)CCCCCCCCCCCCC. The zero-order valence-corrected chi connectivity index (χ0v) is 29.0. The number of carbonyl (C=O) groups is 2. The summed E-state index contributed by atoms with van der Waals surface area (Å²) < 4.78 is 0. The number of unbranched alkanes of at least 4 members (excludes halogenated alkanes) is 25. The van der Waals surface area contributed by atoms with E-state index >= 15 is 0 Å². The molecule has 0 spiro atoms. The Kier molecular flexibility index (Phi) is 33.6. The van der Waals surface area contributed by atoms with Crippen LogP contribution in [-0.2, 0) is 9.59 Å². The highest BCUT2D eigenvalue weighted by molar-refractivity contribution is 5.76. The van der Waals surface area contributed by atoms with E-state index in [1.54, 1.807) is 0 Å². The molecule has 0 aliphatic rings. The minimum absolute atomic E-state index is 0.204. The summed E-state index contributed by atoms with van der Waals surface area (Å²) in [7, 11) is 0. The predicted octanol–water partition coefficient (Wildman–Crippen LogP) is 11.7. The molecule has 0 saturated carbocycles. The number of rotatable bonds is 34. The first-order chi connectivity index (χ1) is 20.6. The van der Waals surface area contributed by atoms with Crippen molar-refractivity contribution < 1.29 is 9.59 Å². The van der Waals surface area contributed by atoms with Crippen LogP contribution in [0.25, 0.3) is 0 Å². The molecule has 0 aromatic rings. The van der Waals surface area contributed by atoms with Crippen molar-refractivity contribution in [2.45, 2.75) is 226 Å². The van der Waals surface area contributed by atoms with Crippen LogP contribution >= 0.6 is 0 Å². The first-order valence-corrected chi connectivity index (χ1v) is 19.2. The molecule has 0 saturated heterocycles. The summed E-state index contributed by atoms with van der Waals surface area (Å²) >= 11 is 0. The van der Waals surface area contributed by atoms with Crippen LogP contribution in [-0.4, -0.2) is 24.4 Å². The Morgan fingerprint density at radius 1 is 0.429 bits per heavy atom. The lowest BCUT2D eigenvalue weighted by Gasteiger charge is -2.14. The molecule has 0 unspecified atom stereocenters. The van der Waals surface area contributed by atoms with E-state index in [4.69, 9.17) is 0 Å². The molecule has 0 aromatic carbocycles. The minimum Gasteiger partial charge on any atom is -0.356 e. The third-order valence-corrected chi connectivity index (χ3v) is 8.81. The van der Waals surface area contributed by atoms with E-state index in [1.165, 1.54) is 154 Å². The number of hydrogen-bond acceptors (Lipinski definition) is 2. The molecule has 4 nitrogen and oxygen atoms in total. The molecular weight excluding hydrogens is 516 g/mol. The largest absolute Gasteiger partial charge is 0.356 e. The van der Waals surface area contributed by atoms with E-state index in [0.29, 0.717) is 12.8 Å². The van der Waals surface area contributed by atoms with Crippen LogP contribution in [0.3, 0.4) is 0 Å². The lowest BCUT2D eigenvalue weighted by atomic mass is 10.0. The van der Waals surface area contributed by atoms with Gasteiger partial charge in [-0.05, 0) is 39.0 Å². The smallest absolute Gasteiger partial charge is 0.220 e. The topological polar surface area (TPSA) is 58.2 Å². The first kappa shape index (κ1) is 40.9. The molecule has 1 atom stereocenters. The lowest BCUT2D eigenvalue weighted by Crippen LogP contribution is -2.32. The first-order valence-electron chi connectivity index (χ1n) is 19.2. The van der Waals surface area contributed by atoms with Crippen LogP contribution in [0.2, 0.25) is 0 Å². The summed E-state index contributed by atoms with van der Waals surface area (Å²) in [6.45, 7) is 7.42. The van der Waals surface area contributed by atoms with Crippen molar-refractivity contribution >= 4 is 11.8 Å².